The van der Waals surface area contributed by atoms with Crippen LogP contribution >= 0.6 is 0 Å². The fraction of sp³-hybridized carbons (Fsp3) is 0.429. The Morgan fingerprint density at radius 2 is 2.00 bits per heavy atom. The van der Waals surface area contributed by atoms with Crippen LogP contribution in [0.5, 0.6) is 0 Å². The van der Waals surface area contributed by atoms with Gasteiger partial charge < -0.3 is 9.73 Å². The van der Waals surface area contributed by atoms with Crippen molar-refractivity contribution in [2.24, 2.45) is 4.99 Å². The molecule has 0 atom stereocenters. The van der Waals surface area contributed by atoms with E-state index in [0.717, 1.165) is 29.6 Å². The van der Waals surface area contributed by atoms with Crippen molar-refractivity contribution in [1.82, 2.24) is 20.5 Å². The number of para-hydroxylation sites is 2. The van der Waals surface area contributed by atoms with Gasteiger partial charge in [-0.25, -0.2) is 0 Å². The number of ketones is 1. The first-order valence-corrected chi connectivity index (χ1v) is 9.84. The summed E-state index contributed by atoms with van der Waals surface area (Å²) in [6.45, 7) is 6.63. The average molecular weight is 396 g/mol. The Bertz CT molecular complexity index is 926. The van der Waals surface area contributed by atoms with E-state index in [1.807, 2.05) is 37.3 Å². The molecule has 4 rings (SSSR count). The topological polar surface area (TPSA) is 108 Å². The largest absolute Gasteiger partial charge is 0.423 e. The maximum absolute atomic E-state index is 11.8. The van der Waals surface area contributed by atoms with Gasteiger partial charge in [-0.05, 0) is 51.8 Å². The minimum atomic E-state index is -0.157. The number of hydrogen-bond donors (Lipinski definition) is 3. The molecule has 1 aromatic carbocycles. The number of nitrogens with one attached hydrogen (secondary N) is 3. The predicted octanol–water partition coefficient (Wildman–Crippen LogP) is 3.83. The molecule has 3 N–H and O–H groups in total. The highest BCUT2D eigenvalue weighted by molar-refractivity contribution is 5.93. The summed E-state index contributed by atoms with van der Waals surface area (Å²) in [5.74, 6) is 0.865. The van der Waals surface area contributed by atoms with Crippen LogP contribution in [0.3, 0.4) is 0 Å². The SMILES string of the molecule is CC1(C)CCCC(=O)CCN=C(Nc2nc3ccccc3o2)N1.Cc1ccn[nH]1. The lowest BCUT2D eigenvalue weighted by Gasteiger charge is -2.28. The third-order valence-corrected chi connectivity index (χ3v) is 4.53. The number of aryl methyl sites for hydroxylation is 1. The fourth-order valence-corrected chi connectivity index (χ4v) is 2.99. The second-order valence-electron chi connectivity index (χ2n) is 7.73. The van der Waals surface area contributed by atoms with Gasteiger partial charge in [-0.1, -0.05) is 12.1 Å². The molecule has 0 spiro atoms. The number of rotatable bonds is 1. The van der Waals surface area contributed by atoms with Crippen LogP contribution in [0.25, 0.3) is 11.1 Å². The summed E-state index contributed by atoms with van der Waals surface area (Å²) in [5.41, 5.74) is 2.47. The summed E-state index contributed by atoms with van der Waals surface area (Å²) >= 11 is 0. The van der Waals surface area contributed by atoms with Gasteiger partial charge in [0, 0.05) is 36.8 Å². The molecule has 0 saturated carbocycles. The number of fused-ring (bicyclic) bond motifs is 1. The molecule has 0 radical (unpaired) electrons. The lowest BCUT2D eigenvalue weighted by molar-refractivity contribution is -0.119. The van der Waals surface area contributed by atoms with E-state index in [9.17, 15) is 4.79 Å². The van der Waals surface area contributed by atoms with Crippen LogP contribution in [0.4, 0.5) is 6.01 Å². The van der Waals surface area contributed by atoms with Crippen molar-refractivity contribution in [3.8, 4) is 0 Å². The van der Waals surface area contributed by atoms with Gasteiger partial charge in [-0.3, -0.25) is 20.2 Å². The quantitative estimate of drug-likeness (QED) is 0.577. The summed E-state index contributed by atoms with van der Waals surface area (Å²) in [7, 11) is 0. The van der Waals surface area contributed by atoms with Crippen LogP contribution in [-0.4, -0.2) is 39.0 Å². The summed E-state index contributed by atoms with van der Waals surface area (Å²) < 4.78 is 5.68. The van der Waals surface area contributed by atoms with Gasteiger partial charge in [0.25, 0.3) is 0 Å². The molecule has 154 valence electrons. The zero-order valence-corrected chi connectivity index (χ0v) is 17.2. The van der Waals surface area contributed by atoms with Crippen molar-refractivity contribution in [3.05, 3.63) is 42.2 Å². The Morgan fingerprint density at radius 1 is 1.17 bits per heavy atom. The Morgan fingerprint density at radius 3 is 2.69 bits per heavy atom. The van der Waals surface area contributed by atoms with Crippen LogP contribution in [-0.2, 0) is 4.79 Å². The summed E-state index contributed by atoms with van der Waals surface area (Å²) in [5, 5.41) is 13.0. The van der Waals surface area contributed by atoms with Crippen LogP contribution in [0, 0.1) is 6.92 Å². The molecule has 0 bridgehead atoms. The predicted molar refractivity (Wildman–Crippen MR) is 114 cm³/mol. The maximum Gasteiger partial charge on any atom is 0.302 e. The van der Waals surface area contributed by atoms with Crippen molar-refractivity contribution < 1.29 is 9.21 Å². The fourth-order valence-electron chi connectivity index (χ4n) is 2.99. The molecule has 3 heterocycles. The van der Waals surface area contributed by atoms with E-state index in [1.165, 1.54) is 0 Å². The van der Waals surface area contributed by atoms with Crippen molar-refractivity contribution in [3.63, 3.8) is 0 Å². The molecule has 2 aromatic heterocycles. The number of carbonyl (C=O) groups is 1. The second kappa shape index (κ2) is 9.36. The van der Waals surface area contributed by atoms with E-state index in [4.69, 9.17) is 4.42 Å². The van der Waals surface area contributed by atoms with Gasteiger partial charge in [-0.15, -0.1) is 0 Å². The molecule has 1 aliphatic heterocycles. The second-order valence-corrected chi connectivity index (χ2v) is 7.73. The highest BCUT2D eigenvalue weighted by Gasteiger charge is 2.21. The number of guanidine groups is 1. The summed E-state index contributed by atoms with van der Waals surface area (Å²) in [6, 6.07) is 9.92. The standard InChI is InChI=1S/C17H22N4O2.C4H6N2/c1-17(2)10-5-6-12(22)9-11-18-15(21-17)20-16-19-13-7-3-4-8-14(13)23-16;1-4-2-3-5-6-4/h3-4,7-8H,5-6,9-11H2,1-2H3,(H2,18,19,20,21);2-3H,1H3,(H,5,6). The van der Waals surface area contributed by atoms with E-state index in [2.05, 4.69) is 44.7 Å². The number of aliphatic imine (C=N–C) groups is 1. The van der Waals surface area contributed by atoms with Crippen molar-refractivity contribution in [1.29, 1.82) is 0 Å². The normalized spacial score (nSPS) is 16.9. The van der Waals surface area contributed by atoms with Crippen molar-refractivity contribution in [2.45, 2.75) is 52.0 Å². The third kappa shape index (κ3) is 6.44. The number of anilines is 1. The van der Waals surface area contributed by atoms with Crippen LogP contribution < -0.4 is 10.6 Å². The zero-order valence-electron chi connectivity index (χ0n) is 17.2. The molecule has 1 aliphatic rings. The molecule has 0 aliphatic carbocycles. The highest BCUT2D eigenvalue weighted by Crippen LogP contribution is 2.19. The van der Waals surface area contributed by atoms with Gasteiger partial charge in [0.15, 0.2) is 11.5 Å². The number of hydrogen-bond acceptors (Lipinski definition) is 7. The van der Waals surface area contributed by atoms with Crippen molar-refractivity contribution in [2.75, 3.05) is 11.9 Å². The van der Waals surface area contributed by atoms with Gasteiger partial charge >= 0.3 is 6.01 Å². The number of Topliss-reactive ketones (excluding diaryl/α,β-unsaturated/α-hetero) is 1. The molecule has 29 heavy (non-hydrogen) atoms. The number of oxazole rings is 1. The molecule has 0 unspecified atom stereocenters. The lowest BCUT2D eigenvalue weighted by atomic mass is 9.96. The summed E-state index contributed by atoms with van der Waals surface area (Å²) in [4.78, 5) is 20.6. The van der Waals surface area contributed by atoms with Gasteiger partial charge in [-0.2, -0.15) is 10.1 Å². The van der Waals surface area contributed by atoms with E-state index < -0.39 is 0 Å². The minimum absolute atomic E-state index is 0.157. The molecule has 0 fully saturated rings. The first kappa shape index (κ1) is 20.6. The Kier molecular flexibility index (Phi) is 6.64. The first-order chi connectivity index (χ1) is 13.9. The Labute approximate surface area is 170 Å². The van der Waals surface area contributed by atoms with Crippen LogP contribution in [0.15, 0.2) is 45.9 Å². The number of H-pyrrole nitrogens is 1. The molecule has 8 nitrogen and oxygen atoms in total. The molecule has 8 heteroatoms. The van der Waals surface area contributed by atoms with Crippen LogP contribution in [0.2, 0.25) is 0 Å². The number of benzene rings is 1. The number of nitrogens with zero attached hydrogens (tertiary/aromatic N) is 3. The van der Waals surface area contributed by atoms with Crippen molar-refractivity contribution >= 4 is 28.9 Å². The van der Waals surface area contributed by atoms with Crippen LogP contribution in [0.1, 0.15) is 45.2 Å². The summed E-state index contributed by atoms with van der Waals surface area (Å²) in [6.07, 6.45) is 4.62. The lowest BCUT2D eigenvalue weighted by Crippen LogP contribution is -2.47. The number of carbonyl (C=O) groups excluding carboxylic acids is 1. The third-order valence-electron chi connectivity index (χ3n) is 4.53. The first-order valence-electron chi connectivity index (χ1n) is 9.84. The van der Waals surface area contributed by atoms with Gasteiger partial charge in [0.05, 0.1) is 0 Å². The Hall–Kier alpha value is -3.16. The average Bonchev–Trinajstić information content (AvgIpc) is 3.29. The molecular formula is C21H28N6O2. The zero-order chi connectivity index (χ0) is 20.7. The number of aromatic amines is 1. The molecular weight excluding hydrogens is 368 g/mol. The van der Waals surface area contributed by atoms with E-state index in [-0.39, 0.29) is 11.3 Å². The monoisotopic (exact) mass is 396 g/mol. The molecule has 0 saturated heterocycles. The number of aromatic nitrogens is 3. The van der Waals surface area contributed by atoms with E-state index in [0.29, 0.717) is 31.4 Å². The smallest absolute Gasteiger partial charge is 0.302 e. The van der Waals surface area contributed by atoms with Gasteiger partial charge in [0.2, 0.25) is 0 Å². The van der Waals surface area contributed by atoms with Gasteiger partial charge in [0.1, 0.15) is 11.3 Å². The van der Waals surface area contributed by atoms with E-state index >= 15 is 0 Å². The molecule has 0 amide bonds. The maximum atomic E-state index is 11.8. The Balaban J connectivity index is 0.000000343. The highest BCUT2D eigenvalue weighted by atomic mass is 16.4. The molecule has 3 aromatic rings. The van der Waals surface area contributed by atoms with E-state index in [1.54, 1.807) is 6.20 Å². The minimum Gasteiger partial charge on any atom is -0.423 e.